The van der Waals surface area contributed by atoms with E-state index in [1.165, 1.54) is 31.2 Å². The number of halogens is 1. The largest absolute Gasteiger partial charge is 0.440 e. The molecular weight excluding hydrogens is 332 g/mol. The number of fused-ring (bicyclic) bond motifs is 1. The number of nitrogens with zero attached hydrogens (tertiary/aromatic N) is 2. The SMILES string of the molecule is CC(C)(C)c1ccc(-c2c(C3CCCC3)oc3ncc(Cl)nc23)cc1. The maximum absolute atomic E-state index is 6.16. The molecule has 1 fully saturated rings. The van der Waals surface area contributed by atoms with Crippen LogP contribution in [0.2, 0.25) is 5.15 Å². The van der Waals surface area contributed by atoms with Crippen LogP contribution < -0.4 is 0 Å². The summed E-state index contributed by atoms with van der Waals surface area (Å²) in [5.41, 5.74) is 5.01. The molecule has 0 unspecified atom stereocenters. The van der Waals surface area contributed by atoms with E-state index >= 15 is 0 Å². The fourth-order valence-corrected chi connectivity index (χ4v) is 3.89. The molecule has 4 heteroatoms. The molecule has 1 aliphatic carbocycles. The molecule has 3 nitrogen and oxygen atoms in total. The van der Waals surface area contributed by atoms with E-state index in [9.17, 15) is 0 Å². The molecule has 0 N–H and O–H groups in total. The van der Waals surface area contributed by atoms with Gasteiger partial charge in [-0.2, -0.15) is 0 Å². The van der Waals surface area contributed by atoms with Crippen molar-refractivity contribution in [2.45, 2.75) is 57.8 Å². The van der Waals surface area contributed by atoms with Crippen LogP contribution in [-0.2, 0) is 5.41 Å². The van der Waals surface area contributed by atoms with Gasteiger partial charge in [0.1, 0.15) is 16.4 Å². The first-order valence-corrected chi connectivity index (χ1v) is 9.37. The minimum atomic E-state index is 0.133. The Hall–Kier alpha value is -1.87. The van der Waals surface area contributed by atoms with Gasteiger partial charge in [-0.3, -0.25) is 0 Å². The quantitative estimate of drug-likeness (QED) is 0.527. The number of hydrogen-bond acceptors (Lipinski definition) is 3. The van der Waals surface area contributed by atoms with Crippen molar-refractivity contribution in [3.05, 3.63) is 46.9 Å². The molecule has 0 bridgehead atoms. The van der Waals surface area contributed by atoms with Crippen molar-refractivity contribution in [3.8, 4) is 11.1 Å². The van der Waals surface area contributed by atoms with Crippen molar-refractivity contribution < 1.29 is 4.42 Å². The average molecular weight is 355 g/mol. The van der Waals surface area contributed by atoms with Crippen LogP contribution in [0.1, 0.15) is 63.7 Å². The monoisotopic (exact) mass is 354 g/mol. The Bertz CT molecular complexity index is 900. The standard InChI is InChI=1S/C21H23ClN2O/c1-21(2,3)15-10-8-13(9-11-15)17-18-20(23-12-16(22)24-18)25-19(17)14-6-4-5-7-14/h8-12,14H,4-7H2,1-3H3. The summed E-state index contributed by atoms with van der Waals surface area (Å²) >= 11 is 6.12. The van der Waals surface area contributed by atoms with E-state index in [0.29, 0.717) is 16.8 Å². The van der Waals surface area contributed by atoms with Gasteiger partial charge >= 0.3 is 0 Å². The molecule has 2 aromatic heterocycles. The molecule has 0 aliphatic heterocycles. The molecule has 0 radical (unpaired) electrons. The fraction of sp³-hybridized carbons (Fsp3) is 0.429. The molecule has 2 heterocycles. The van der Waals surface area contributed by atoms with Crippen LogP contribution >= 0.6 is 11.6 Å². The summed E-state index contributed by atoms with van der Waals surface area (Å²) in [5, 5.41) is 0.402. The Morgan fingerprint density at radius 2 is 1.76 bits per heavy atom. The highest BCUT2D eigenvalue weighted by atomic mass is 35.5. The van der Waals surface area contributed by atoms with E-state index in [4.69, 9.17) is 16.0 Å². The van der Waals surface area contributed by atoms with Gasteiger partial charge in [-0.1, -0.05) is 69.5 Å². The number of rotatable bonds is 2. The summed E-state index contributed by atoms with van der Waals surface area (Å²) in [6.45, 7) is 6.68. The van der Waals surface area contributed by atoms with Crippen LogP contribution in [0.25, 0.3) is 22.4 Å². The van der Waals surface area contributed by atoms with Gasteiger partial charge in [-0.25, -0.2) is 9.97 Å². The number of hydrogen-bond donors (Lipinski definition) is 0. The molecule has 1 aliphatic rings. The van der Waals surface area contributed by atoms with Crippen molar-refractivity contribution in [1.82, 2.24) is 9.97 Å². The van der Waals surface area contributed by atoms with Crippen LogP contribution in [0.15, 0.2) is 34.9 Å². The second-order valence-corrected chi connectivity index (χ2v) is 8.38. The Balaban J connectivity index is 1.89. The van der Waals surface area contributed by atoms with Crippen molar-refractivity contribution in [3.63, 3.8) is 0 Å². The predicted octanol–water partition coefficient (Wildman–Crippen LogP) is 6.50. The maximum atomic E-state index is 6.16. The normalized spacial score (nSPS) is 16.0. The molecule has 1 saturated carbocycles. The smallest absolute Gasteiger partial charge is 0.246 e. The second kappa shape index (κ2) is 6.14. The highest BCUT2D eigenvalue weighted by Crippen LogP contribution is 2.43. The van der Waals surface area contributed by atoms with Gasteiger partial charge in [0.25, 0.3) is 0 Å². The van der Waals surface area contributed by atoms with Gasteiger partial charge in [0.05, 0.1) is 11.8 Å². The van der Waals surface area contributed by atoms with Crippen LogP contribution in [-0.4, -0.2) is 9.97 Å². The highest BCUT2D eigenvalue weighted by molar-refractivity contribution is 6.29. The predicted molar refractivity (Wildman–Crippen MR) is 102 cm³/mol. The van der Waals surface area contributed by atoms with E-state index in [1.807, 2.05) is 0 Å². The van der Waals surface area contributed by atoms with Crippen molar-refractivity contribution in [2.75, 3.05) is 0 Å². The zero-order chi connectivity index (χ0) is 17.6. The third-order valence-corrected chi connectivity index (χ3v) is 5.35. The summed E-state index contributed by atoms with van der Waals surface area (Å²) in [7, 11) is 0. The maximum Gasteiger partial charge on any atom is 0.246 e. The summed E-state index contributed by atoms with van der Waals surface area (Å²) < 4.78 is 6.16. The first kappa shape index (κ1) is 16.6. The molecule has 0 amide bonds. The van der Waals surface area contributed by atoms with Gasteiger partial charge in [0.2, 0.25) is 5.71 Å². The van der Waals surface area contributed by atoms with Crippen molar-refractivity contribution >= 4 is 22.8 Å². The van der Waals surface area contributed by atoms with Crippen LogP contribution in [0.4, 0.5) is 0 Å². The number of aromatic nitrogens is 2. The molecule has 0 saturated heterocycles. The molecule has 0 spiro atoms. The Morgan fingerprint density at radius 3 is 2.40 bits per heavy atom. The average Bonchev–Trinajstić information content (AvgIpc) is 3.21. The number of benzene rings is 1. The van der Waals surface area contributed by atoms with Crippen LogP contribution in [0.3, 0.4) is 0 Å². The molecule has 4 rings (SSSR count). The molecule has 1 aromatic carbocycles. The molecule has 130 valence electrons. The Labute approximate surface area is 153 Å². The Morgan fingerprint density at radius 1 is 1.08 bits per heavy atom. The zero-order valence-corrected chi connectivity index (χ0v) is 15.7. The lowest BCUT2D eigenvalue weighted by atomic mass is 9.86. The number of furan rings is 1. The third kappa shape index (κ3) is 3.06. The summed E-state index contributed by atoms with van der Waals surface area (Å²) in [4.78, 5) is 8.88. The fourth-order valence-electron chi connectivity index (χ4n) is 3.76. The molecular formula is C21H23ClN2O. The van der Waals surface area contributed by atoms with Gasteiger partial charge in [-0.05, 0) is 29.4 Å². The van der Waals surface area contributed by atoms with Crippen molar-refractivity contribution in [1.29, 1.82) is 0 Å². The van der Waals surface area contributed by atoms with Gasteiger partial charge < -0.3 is 4.42 Å². The summed E-state index contributed by atoms with van der Waals surface area (Å²) in [5.74, 6) is 1.48. The zero-order valence-electron chi connectivity index (χ0n) is 15.0. The second-order valence-electron chi connectivity index (χ2n) is 8.00. The van der Waals surface area contributed by atoms with E-state index in [-0.39, 0.29) is 5.41 Å². The lowest BCUT2D eigenvalue weighted by molar-refractivity contribution is 0.489. The lowest BCUT2D eigenvalue weighted by Gasteiger charge is -2.19. The van der Waals surface area contributed by atoms with Gasteiger partial charge in [-0.15, -0.1) is 0 Å². The first-order chi connectivity index (χ1) is 11.9. The van der Waals surface area contributed by atoms with Crippen LogP contribution in [0, 0.1) is 0 Å². The van der Waals surface area contributed by atoms with Crippen molar-refractivity contribution in [2.24, 2.45) is 0 Å². The lowest BCUT2D eigenvalue weighted by Crippen LogP contribution is -2.10. The Kier molecular flexibility index (Phi) is 4.07. The summed E-state index contributed by atoms with van der Waals surface area (Å²) in [6.07, 6.45) is 6.40. The van der Waals surface area contributed by atoms with E-state index in [2.05, 4.69) is 55.0 Å². The van der Waals surface area contributed by atoms with E-state index in [1.54, 1.807) is 6.20 Å². The van der Waals surface area contributed by atoms with Gasteiger partial charge in [0, 0.05) is 5.92 Å². The molecule has 25 heavy (non-hydrogen) atoms. The minimum Gasteiger partial charge on any atom is -0.440 e. The van der Waals surface area contributed by atoms with E-state index in [0.717, 1.165) is 22.4 Å². The topological polar surface area (TPSA) is 38.9 Å². The van der Waals surface area contributed by atoms with Gasteiger partial charge in [0.15, 0.2) is 0 Å². The molecule has 3 aromatic rings. The highest BCUT2D eigenvalue weighted by Gasteiger charge is 2.28. The summed E-state index contributed by atoms with van der Waals surface area (Å²) in [6, 6.07) is 8.74. The van der Waals surface area contributed by atoms with E-state index < -0.39 is 0 Å². The third-order valence-electron chi connectivity index (χ3n) is 5.16. The minimum absolute atomic E-state index is 0.133. The first-order valence-electron chi connectivity index (χ1n) is 8.99. The van der Waals surface area contributed by atoms with Crippen LogP contribution in [0.5, 0.6) is 0 Å². The molecule has 0 atom stereocenters.